The van der Waals surface area contributed by atoms with Crippen LogP contribution in [0.3, 0.4) is 0 Å². The summed E-state index contributed by atoms with van der Waals surface area (Å²) < 4.78 is 0. The van der Waals surface area contributed by atoms with Gasteiger partial charge < -0.3 is 5.32 Å². The summed E-state index contributed by atoms with van der Waals surface area (Å²) in [5, 5.41) is 3.13. The highest BCUT2D eigenvalue weighted by Crippen LogP contribution is 2.28. The molecule has 1 N–H and O–H groups in total. The van der Waals surface area contributed by atoms with Crippen LogP contribution in [0.25, 0.3) is 0 Å². The lowest BCUT2D eigenvalue weighted by molar-refractivity contribution is 0.102. The van der Waals surface area contributed by atoms with Gasteiger partial charge in [-0.25, -0.2) is 0 Å². The van der Waals surface area contributed by atoms with Gasteiger partial charge in [0.25, 0.3) is 5.91 Å². The van der Waals surface area contributed by atoms with E-state index in [-0.39, 0.29) is 5.91 Å². The number of carbonyl (C=O) groups excluding carboxylic acids is 1. The van der Waals surface area contributed by atoms with Crippen molar-refractivity contribution in [2.24, 2.45) is 5.92 Å². The first-order valence-corrected chi connectivity index (χ1v) is 10.2. The summed E-state index contributed by atoms with van der Waals surface area (Å²) in [5.74, 6) is 1.12. The number of rotatable bonds is 5. The minimum absolute atomic E-state index is 0.0376. The van der Waals surface area contributed by atoms with E-state index >= 15 is 0 Å². The van der Waals surface area contributed by atoms with Gasteiger partial charge in [-0.15, -0.1) is 0 Å². The molecule has 3 heteroatoms. The summed E-state index contributed by atoms with van der Waals surface area (Å²) >= 11 is 0. The van der Waals surface area contributed by atoms with Crippen molar-refractivity contribution in [1.82, 2.24) is 4.90 Å². The zero-order valence-corrected chi connectivity index (χ0v) is 17.1. The molecule has 0 bridgehead atoms. The zero-order valence-electron chi connectivity index (χ0n) is 17.1. The number of carbonyl (C=O) groups is 1. The number of benzene rings is 2. The SMILES string of the molecule is Cc1cccc(C(C)C)c1NC(=O)c1ccc(CN2CCC[C@@H](C)C2)cc1. The molecule has 2 aromatic rings. The number of hydrogen-bond acceptors (Lipinski definition) is 2. The first-order chi connectivity index (χ1) is 12.9. The van der Waals surface area contributed by atoms with Crippen molar-refractivity contribution >= 4 is 11.6 Å². The molecule has 0 aromatic heterocycles. The van der Waals surface area contributed by atoms with Crippen LogP contribution in [0.2, 0.25) is 0 Å². The summed E-state index contributed by atoms with van der Waals surface area (Å²) in [6.45, 7) is 12.0. The maximum atomic E-state index is 12.8. The van der Waals surface area contributed by atoms with Gasteiger partial charge in [-0.3, -0.25) is 9.69 Å². The van der Waals surface area contributed by atoms with E-state index < -0.39 is 0 Å². The Bertz CT molecular complexity index is 779. The molecule has 0 unspecified atom stereocenters. The molecule has 144 valence electrons. The van der Waals surface area contributed by atoms with Crippen LogP contribution >= 0.6 is 0 Å². The van der Waals surface area contributed by atoms with Gasteiger partial charge in [0.05, 0.1) is 0 Å². The normalized spacial score (nSPS) is 17.9. The Balaban J connectivity index is 1.68. The highest BCUT2D eigenvalue weighted by atomic mass is 16.1. The number of piperidine rings is 1. The van der Waals surface area contributed by atoms with Crippen LogP contribution < -0.4 is 5.32 Å². The first kappa shape index (κ1) is 19.6. The standard InChI is InChI=1S/C24H32N2O/c1-17(2)22-9-5-8-19(4)23(22)25-24(27)21-12-10-20(11-13-21)16-26-14-6-7-18(3)15-26/h5,8-13,17-18H,6-7,14-16H2,1-4H3,(H,25,27)/t18-/m1/s1. The Hall–Kier alpha value is -2.13. The van der Waals surface area contributed by atoms with Gasteiger partial charge in [-0.05, 0) is 67.0 Å². The van der Waals surface area contributed by atoms with Crippen molar-refractivity contribution in [2.45, 2.75) is 53.0 Å². The number of likely N-dealkylation sites (tertiary alicyclic amines) is 1. The Morgan fingerprint density at radius 1 is 1.19 bits per heavy atom. The number of nitrogens with one attached hydrogen (secondary N) is 1. The molecule has 0 spiro atoms. The monoisotopic (exact) mass is 364 g/mol. The van der Waals surface area contributed by atoms with E-state index in [0.717, 1.165) is 23.7 Å². The fourth-order valence-electron chi connectivity index (χ4n) is 3.98. The van der Waals surface area contributed by atoms with Gasteiger partial charge in [0.1, 0.15) is 0 Å². The van der Waals surface area contributed by atoms with Crippen molar-refractivity contribution in [1.29, 1.82) is 0 Å². The Morgan fingerprint density at radius 2 is 1.93 bits per heavy atom. The van der Waals surface area contributed by atoms with Crippen LogP contribution in [0.15, 0.2) is 42.5 Å². The van der Waals surface area contributed by atoms with Crippen molar-refractivity contribution in [3.05, 3.63) is 64.7 Å². The summed E-state index contributed by atoms with van der Waals surface area (Å²) in [6.07, 6.45) is 2.63. The van der Waals surface area contributed by atoms with E-state index in [4.69, 9.17) is 0 Å². The van der Waals surface area contributed by atoms with Crippen molar-refractivity contribution in [2.75, 3.05) is 18.4 Å². The van der Waals surface area contributed by atoms with Crippen LogP contribution in [0.4, 0.5) is 5.69 Å². The number of nitrogens with zero attached hydrogens (tertiary/aromatic N) is 1. The third-order valence-corrected chi connectivity index (χ3v) is 5.53. The van der Waals surface area contributed by atoms with E-state index in [9.17, 15) is 4.79 Å². The molecule has 3 nitrogen and oxygen atoms in total. The quantitative estimate of drug-likeness (QED) is 0.748. The highest BCUT2D eigenvalue weighted by molar-refractivity contribution is 6.05. The lowest BCUT2D eigenvalue weighted by Crippen LogP contribution is -2.33. The summed E-state index contributed by atoms with van der Waals surface area (Å²) in [4.78, 5) is 15.3. The number of aryl methyl sites for hydroxylation is 1. The number of hydrogen-bond donors (Lipinski definition) is 1. The van der Waals surface area contributed by atoms with Crippen molar-refractivity contribution in [3.63, 3.8) is 0 Å². The number of para-hydroxylation sites is 1. The molecule has 1 aliphatic heterocycles. The molecule has 1 atom stereocenters. The second-order valence-corrected chi connectivity index (χ2v) is 8.33. The van der Waals surface area contributed by atoms with Crippen molar-refractivity contribution < 1.29 is 4.79 Å². The predicted molar refractivity (Wildman–Crippen MR) is 113 cm³/mol. The highest BCUT2D eigenvalue weighted by Gasteiger charge is 2.17. The number of amides is 1. The van der Waals surface area contributed by atoms with Crippen LogP contribution in [-0.4, -0.2) is 23.9 Å². The molecule has 1 saturated heterocycles. The van der Waals surface area contributed by atoms with E-state index in [1.165, 1.54) is 37.1 Å². The number of anilines is 1. The van der Waals surface area contributed by atoms with E-state index in [2.05, 4.69) is 55.3 Å². The molecular weight excluding hydrogens is 332 g/mol. The summed E-state index contributed by atoms with van der Waals surface area (Å²) in [7, 11) is 0. The Morgan fingerprint density at radius 3 is 2.59 bits per heavy atom. The second kappa shape index (κ2) is 8.71. The molecule has 0 aliphatic carbocycles. The molecule has 3 rings (SSSR count). The van der Waals surface area contributed by atoms with Crippen molar-refractivity contribution in [3.8, 4) is 0 Å². The van der Waals surface area contributed by atoms with Crippen LogP contribution in [0.1, 0.15) is 66.6 Å². The van der Waals surface area contributed by atoms with Gasteiger partial charge in [-0.1, -0.05) is 51.1 Å². The zero-order chi connectivity index (χ0) is 19.4. The third-order valence-electron chi connectivity index (χ3n) is 5.53. The van der Waals surface area contributed by atoms with Gasteiger partial charge in [0.15, 0.2) is 0 Å². The average molecular weight is 365 g/mol. The predicted octanol–water partition coefficient (Wildman–Crippen LogP) is 5.60. The van der Waals surface area contributed by atoms with E-state index in [1.54, 1.807) is 0 Å². The van der Waals surface area contributed by atoms with Gasteiger partial charge in [0.2, 0.25) is 0 Å². The smallest absolute Gasteiger partial charge is 0.255 e. The molecule has 1 aliphatic rings. The fraction of sp³-hybridized carbons (Fsp3) is 0.458. The Labute approximate surface area is 163 Å². The van der Waals surface area contributed by atoms with Crippen LogP contribution in [0, 0.1) is 12.8 Å². The summed E-state index contributed by atoms with van der Waals surface area (Å²) in [5.41, 5.74) is 5.22. The maximum absolute atomic E-state index is 12.8. The lowest BCUT2D eigenvalue weighted by Gasteiger charge is -2.30. The first-order valence-electron chi connectivity index (χ1n) is 10.2. The topological polar surface area (TPSA) is 32.3 Å². The Kier molecular flexibility index (Phi) is 6.33. The van der Waals surface area contributed by atoms with E-state index in [1.807, 2.05) is 25.1 Å². The molecular formula is C24H32N2O. The van der Waals surface area contributed by atoms with E-state index in [0.29, 0.717) is 11.5 Å². The average Bonchev–Trinajstić information content (AvgIpc) is 2.63. The van der Waals surface area contributed by atoms with Gasteiger partial charge in [0, 0.05) is 24.3 Å². The summed E-state index contributed by atoms with van der Waals surface area (Å²) in [6, 6.07) is 14.3. The molecule has 1 heterocycles. The second-order valence-electron chi connectivity index (χ2n) is 8.33. The van der Waals surface area contributed by atoms with Crippen LogP contribution in [0.5, 0.6) is 0 Å². The largest absolute Gasteiger partial charge is 0.321 e. The molecule has 2 aromatic carbocycles. The fourth-order valence-corrected chi connectivity index (χ4v) is 3.98. The van der Waals surface area contributed by atoms with Gasteiger partial charge in [-0.2, -0.15) is 0 Å². The molecule has 0 radical (unpaired) electrons. The third kappa shape index (κ3) is 4.98. The molecule has 27 heavy (non-hydrogen) atoms. The lowest BCUT2D eigenvalue weighted by atomic mass is 9.98. The molecule has 1 fully saturated rings. The molecule has 1 amide bonds. The molecule has 0 saturated carbocycles. The maximum Gasteiger partial charge on any atom is 0.255 e. The van der Waals surface area contributed by atoms with Gasteiger partial charge >= 0.3 is 0 Å². The minimum atomic E-state index is -0.0376. The van der Waals surface area contributed by atoms with Crippen LogP contribution in [-0.2, 0) is 6.54 Å². The minimum Gasteiger partial charge on any atom is -0.321 e.